The van der Waals surface area contributed by atoms with Gasteiger partial charge in [-0.15, -0.1) is 0 Å². The lowest BCUT2D eigenvalue weighted by Crippen LogP contribution is -2.27. The smallest absolute Gasteiger partial charge is 0.137 e. The second-order valence-electron chi connectivity index (χ2n) is 16.2. The summed E-state index contributed by atoms with van der Waals surface area (Å²) in [5.41, 5.74) is 11.7. The second-order valence-corrected chi connectivity index (χ2v) is 16.2. The van der Waals surface area contributed by atoms with Crippen LogP contribution in [-0.2, 0) is 10.8 Å². The molecule has 282 valence electrons. The van der Waals surface area contributed by atoms with Crippen LogP contribution >= 0.6 is 0 Å². The van der Waals surface area contributed by atoms with Gasteiger partial charge in [0.15, 0.2) is 0 Å². The minimum absolute atomic E-state index is 0.0825. The van der Waals surface area contributed by atoms with Crippen molar-refractivity contribution in [2.24, 2.45) is 0 Å². The highest BCUT2D eigenvalue weighted by Crippen LogP contribution is 2.40. The quantitative estimate of drug-likeness (QED) is 0.147. The molecule has 1 aliphatic rings. The second kappa shape index (κ2) is 14.2. The van der Waals surface area contributed by atoms with Crippen LogP contribution in [0.3, 0.4) is 0 Å². The van der Waals surface area contributed by atoms with E-state index in [0.717, 1.165) is 46.1 Å². The molecule has 0 saturated heterocycles. The number of fused-ring (bicyclic) bond motifs is 3. The molecule has 0 saturated carbocycles. The molecular formula is C52H48N4O. The number of anilines is 2. The van der Waals surface area contributed by atoms with Gasteiger partial charge in [-0.2, -0.15) is 0 Å². The number of ether oxygens (including phenoxy) is 1. The van der Waals surface area contributed by atoms with E-state index in [9.17, 15) is 0 Å². The lowest BCUT2D eigenvalue weighted by Gasteiger charge is -2.28. The molecule has 0 radical (unpaired) electrons. The van der Waals surface area contributed by atoms with Crippen molar-refractivity contribution in [1.29, 1.82) is 0 Å². The van der Waals surface area contributed by atoms with Crippen LogP contribution in [0.15, 0.2) is 181 Å². The standard InChI is InChI=1S/C52H48N4O/c1-36-37(2)55(35-54(36)42-26-24-40(25-27-42)51(3,4)38-16-9-7-10-17-38)43-20-15-21-44(33-43)57-45-28-29-47-46-22-13-14-23-48(46)56(49(47)34-45)50-32-41(30-31-53-50)52(5,6)39-18-11-8-12-19-39/h7-34H,35H2,1-6H3. The summed E-state index contributed by atoms with van der Waals surface area (Å²) >= 11 is 0. The molecule has 0 N–H and O–H groups in total. The van der Waals surface area contributed by atoms with Gasteiger partial charge in [-0.25, -0.2) is 4.98 Å². The van der Waals surface area contributed by atoms with Crippen molar-refractivity contribution < 1.29 is 4.74 Å². The minimum Gasteiger partial charge on any atom is -0.457 e. The summed E-state index contributed by atoms with van der Waals surface area (Å²) in [7, 11) is 0. The Hall–Kier alpha value is -6.59. The Kier molecular flexibility index (Phi) is 8.96. The Morgan fingerprint density at radius 1 is 0.474 bits per heavy atom. The van der Waals surface area contributed by atoms with Crippen molar-refractivity contribution in [3.05, 3.63) is 204 Å². The molecule has 0 spiro atoms. The van der Waals surface area contributed by atoms with Crippen LogP contribution in [0.25, 0.3) is 27.6 Å². The molecule has 9 rings (SSSR count). The highest BCUT2D eigenvalue weighted by atomic mass is 16.5. The zero-order chi connectivity index (χ0) is 39.3. The monoisotopic (exact) mass is 744 g/mol. The summed E-state index contributed by atoms with van der Waals surface area (Å²) in [6.45, 7) is 14.3. The maximum atomic E-state index is 6.67. The average Bonchev–Trinajstić information content (AvgIpc) is 3.74. The highest BCUT2D eigenvalue weighted by molar-refractivity contribution is 6.09. The molecule has 5 nitrogen and oxygen atoms in total. The van der Waals surface area contributed by atoms with E-state index >= 15 is 0 Å². The molecule has 57 heavy (non-hydrogen) atoms. The molecule has 6 aromatic carbocycles. The molecule has 0 fully saturated rings. The molecule has 0 bridgehead atoms. The Morgan fingerprint density at radius 2 is 1.05 bits per heavy atom. The summed E-state index contributed by atoms with van der Waals surface area (Å²) in [5.74, 6) is 2.44. The molecule has 8 aromatic rings. The zero-order valence-corrected chi connectivity index (χ0v) is 33.6. The molecule has 0 amide bonds. The van der Waals surface area contributed by atoms with Crippen molar-refractivity contribution in [2.75, 3.05) is 16.5 Å². The molecule has 3 heterocycles. The van der Waals surface area contributed by atoms with E-state index < -0.39 is 0 Å². The van der Waals surface area contributed by atoms with Crippen LogP contribution in [0.2, 0.25) is 0 Å². The van der Waals surface area contributed by atoms with Gasteiger partial charge in [0.1, 0.15) is 17.3 Å². The SMILES string of the molecule is CC1=C(C)N(c2cccc(Oc3ccc4c5ccccc5n(-c5cc(C(C)(C)c6ccccc6)ccn5)c4c3)c2)CN1c1ccc(C(C)(C)c2ccccc2)cc1. The van der Waals surface area contributed by atoms with Gasteiger partial charge in [0.25, 0.3) is 0 Å². The topological polar surface area (TPSA) is 33.5 Å². The van der Waals surface area contributed by atoms with Gasteiger partial charge >= 0.3 is 0 Å². The molecule has 2 aromatic heterocycles. The maximum absolute atomic E-state index is 6.67. The van der Waals surface area contributed by atoms with E-state index in [4.69, 9.17) is 9.72 Å². The number of nitrogens with zero attached hydrogens (tertiary/aromatic N) is 4. The number of hydrogen-bond acceptors (Lipinski definition) is 4. The summed E-state index contributed by atoms with van der Waals surface area (Å²) in [6.07, 6.45) is 1.93. The number of rotatable bonds is 9. The van der Waals surface area contributed by atoms with Gasteiger partial charge in [0, 0.05) is 62.7 Å². The van der Waals surface area contributed by atoms with Gasteiger partial charge in [-0.1, -0.05) is 125 Å². The summed E-state index contributed by atoms with van der Waals surface area (Å²) < 4.78 is 8.94. The fourth-order valence-corrected chi connectivity index (χ4v) is 8.44. The predicted octanol–water partition coefficient (Wildman–Crippen LogP) is 13.2. The number of allylic oxidation sites excluding steroid dienone is 2. The summed E-state index contributed by atoms with van der Waals surface area (Å²) in [6, 6.07) is 58.2. The van der Waals surface area contributed by atoms with Crippen molar-refractivity contribution in [3.8, 4) is 17.3 Å². The Bertz CT molecular complexity index is 2760. The van der Waals surface area contributed by atoms with Crippen LogP contribution < -0.4 is 14.5 Å². The number of pyridine rings is 1. The van der Waals surface area contributed by atoms with Crippen LogP contribution in [0.1, 0.15) is 63.8 Å². The molecule has 5 heteroatoms. The Labute approximate surface area is 336 Å². The number of aromatic nitrogens is 2. The van der Waals surface area contributed by atoms with Gasteiger partial charge in [-0.05, 0) is 90.7 Å². The number of para-hydroxylation sites is 1. The third-order valence-electron chi connectivity index (χ3n) is 12.2. The molecule has 0 unspecified atom stereocenters. The fraction of sp³-hybridized carbons (Fsp3) is 0.173. The lowest BCUT2D eigenvalue weighted by atomic mass is 9.78. The van der Waals surface area contributed by atoms with Gasteiger partial charge in [0.2, 0.25) is 0 Å². The van der Waals surface area contributed by atoms with Crippen LogP contribution in [0.5, 0.6) is 11.5 Å². The highest BCUT2D eigenvalue weighted by Gasteiger charge is 2.28. The third kappa shape index (κ3) is 6.43. The Balaban J connectivity index is 0.998. The largest absolute Gasteiger partial charge is 0.457 e. The third-order valence-corrected chi connectivity index (χ3v) is 12.2. The molecular weight excluding hydrogens is 697 g/mol. The van der Waals surface area contributed by atoms with Crippen LogP contribution in [0.4, 0.5) is 11.4 Å². The van der Waals surface area contributed by atoms with E-state index in [1.807, 2.05) is 12.3 Å². The van der Waals surface area contributed by atoms with E-state index in [2.05, 4.69) is 214 Å². The predicted molar refractivity (Wildman–Crippen MR) is 237 cm³/mol. The zero-order valence-electron chi connectivity index (χ0n) is 33.6. The van der Waals surface area contributed by atoms with Crippen LogP contribution in [-0.4, -0.2) is 16.2 Å². The number of hydrogen-bond donors (Lipinski definition) is 0. The molecule has 1 aliphatic heterocycles. The maximum Gasteiger partial charge on any atom is 0.137 e. The number of benzene rings is 6. The first-order chi connectivity index (χ1) is 27.6. The van der Waals surface area contributed by atoms with E-state index in [1.165, 1.54) is 44.7 Å². The minimum atomic E-state index is -0.195. The fourth-order valence-electron chi connectivity index (χ4n) is 8.44. The van der Waals surface area contributed by atoms with Crippen molar-refractivity contribution in [3.63, 3.8) is 0 Å². The summed E-state index contributed by atoms with van der Waals surface area (Å²) in [5, 5.41) is 2.34. The van der Waals surface area contributed by atoms with Gasteiger partial charge in [0.05, 0.1) is 17.7 Å². The van der Waals surface area contributed by atoms with E-state index in [0.29, 0.717) is 0 Å². The normalized spacial score (nSPS) is 13.6. The molecule has 0 atom stereocenters. The van der Waals surface area contributed by atoms with Gasteiger partial charge in [-0.3, -0.25) is 4.57 Å². The van der Waals surface area contributed by atoms with E-state index in [1.54, 1.807) is 0 Å². The first-order valence-corrected chi connectivity index (χ1v) is 19.8. The van der Waals surface area contributed by atoms with Gasteiger partial charge < -0.3 is 14.5 Å². The first kappa shape index (κ1) is 36.1. The summed E-state index contributed by atoms with van der Waals surface area (Å²) in [4.78, 5) is 9.69. The van der Waals surface area contributed by atoms with Crippen LogP contribution in [0, 0.1) is 0 Å². The molecule has 0 aliphatic carbocycles. The van der Waals surface area contributed by atoms with Crippen molar-refractivity contribution in [2.45, 2.75) is 52.4 Å². The first-order valence-electron chi connectivity index (χ1n) is 19.8. The average molecular weight is 745 g/mol. The van der Waals surface area contributed by atoms with E-state index in [-0.39, 0.29) is 10.8 Å². The van der Waals surface area contributed by atoms with Crippen molar-refractivity contribution >= 4 is 33.2 Å². The Morgan fingerprint density at radius 3 is 1.75 bits per heavy atom. The van der Waals surface area contributed by atoms with Crippen molar-refractivity contribution in [1.82, 2.24) is 9.55 Å². The lowest BCUT2D eigenvalue weighted by molar-refractivity contribution is 0.483.